The Kier molecular flexibility index (Phi) is 7.08. The van der Waals surface area contributed by atoms with Crippen molar-refractivity contribution in [2.45, 2.75) is 31.1 Å². The van der Waals surface area contributed by atoms with Gasteiger partial charge in [0.05, 0.1) is 24.6 Å². The highest BCUT2D eigenvalue weighted by atomic mass is 32.2. The third kappa shape index (κ3) is 4.87. The molecular formula is C27H26N6O2S. The summed E-state index contributed by atoms with van der Waals surface area (Å²) in [7, 11) is 1.64. The van der Waals surface area contributed by atoms with Crippen molar-refractivity contribution in [2.24, 2.45) is 5.10 Å². The van der Waals surface area contributed by atoms with E-state index in [-0.39, 0.29) is 17.7 Å². The van der Waals surface area contributed by atoms with E-state index in [2.05, 4.69) is 15.2 Å². The number of amides is 1. The fourth-order valence-electron chi connectivity index (χ4n) is 4.22. The summed E-state index contributed by atoms with van der Waals surface area (Å²) in [4.78, 5) is 17.6. The van der Waals surface area contributed by atoms with Gasteiger partial charge in [-0.25, -0.2) is 5.01 Å². The summed E-state index contributed by atoms with van der Waals surface area (Å²) in [6, 6.07) is 21.4. The topological polar surface area (TPSA) is 85.5 Å². The fourth-order valence-corrected chi connectivity index (χ4v) is 5.07. The molecule has 182 valence electrons. The number of hydrogen-bond acceptors (Lipinski definition) is 7. The zero-order valence-electron chi connectivity index (χ0n) is 20.1. The van der Waals surface area contributed by atoms with Crippen molar-refractivity contribution in [1.29, 1.82) is 0 Å². The molecule has 0 bridgehead atoms. The van der Waals surface area contributed by atoms with Crippen LogP contribution in [-0.4, -0.2) is 49.2 Å². The van der Waals surface area contributed by atoms with Gasteiger partial charge in [-0.05, 0) is 42.3 Å². The summed E-state index contributed by atoms with van der Waals surface area (Å²) in [5.74, 6) is 1.66. The maximum Gasteiger partial charge on any atom is 0.253 e. The maximum absolute atomic E-state index is 13.5. The summed E-state index contributed by atoms with van der Waals surface area (Å²) in [6.07, 6.45) is 4.11. The van der Waals surface area contributed by atoms with Gasteiger partial charge in [-0.3, -0.25) is 9.78 Å². The third-order valence-corrected chi connectivity index (χ3v) is 7.02. The SMILES string of the molecule is CCn1c(SCC(=O)N2N=C(c3ccccc3)CC2c2ccc(OC)cc2)nnc1-c1ccncc1. The molecule has 0 saturated carbocycles. The summed E-state index contributed by atoms with van der Waals surface area (Å²) >= 11 is 1.38. The molecule has 1 atom stereocenters. The van der Waals surface area contributed by atoms with E-state index in [9.17, 15) is 4.79 Å². The van der Waals surface area contributed by atoms with Crippen LogP contribution in [0.15, 0.2) is 89.4 Å². The Morgan fingerprint density at radius 1 is 1.00 bits per heavy atom. The van der Waals surface area contributed by atoms with Crippen LogP contribution in [0.25, 0.3) is 11.4 Å². The first-order valence-electron chi connectivity index (χ1n) is 11.7. The molecule has 9 heteroatoms. The Labute approximate surface area is 214 Å². The number of hydrazone groups is 1. The lowest BCUT2D eigenvalue weighted by molar-refractivity contribution is -0.130. The zero-order valence-corrected chi connectivity index (χ0v) is 20.9. The predicted octanol–water partition coefficient (Wildman–Crippen LogP) is 4.84. The minimum atomic E-state index is -0.185. The number of thioether (sulfide) groups is 1. The summed E-state index contributed by atoms with van der Waals surface area (Å²) < 4.78 is 7.32. The second-order valence-corrected chi connectivity index (χ2v) is 9.16. The van der Waals surface area contributed by atoms with E-state index in [1.165, 1.54) is 11.8 Å². The normalized spacial score (nSPS) is 15.1. The number of nitrogens with zero attached hydrogens (tertiary/aromatic N) is 6. The zero-order chi connectivity index (χ0) is 24.9. The van der Waals surface area contributed by atoms with Crippen LogP contribution in [-0.2, 0) is 11.3 Å². The molecule has 0 N–H and O–H groups in total. The highest BCUT2D eigenvalue weighted by Gasteiger charge is 2.33. The van der Waals surface area contributed by atoms with Crippen molar-refractivity contribution >= 4 is 23.4 Å². The first kappa shape index (κ1) is 23.7. The molecule has 1 unspecified atom stereocenters. The molecule has 1 aliphatic heterocycles. The number of carbonyl (C=O) groups is 1. The van der Waals surface area contributed by atoms with Crippen molar-refractivity contribution < 1.29 is 9.53 Å². The van der Waals surface area contributed by atoms with Gasteiger partial charge in [0.25, 0.3) is 5.91 Å². The van der Waals surface area contributed by atoms with E-state index in [4.69, 9.17) is 9.84 Å². The smallest absolute Gasteiger partial charge is 0.253 e. The average molecular weight is 499 g/mol. The number of benzene rings is 2. The highest BCUT2D eigenvalue weighted by Crippen LogP contribution is 2.34. The largest absolute Gasteiger partial charge is 0.497 e. The van der Waals surface area contributed by atoms with Crippen LogP contribution in [0.2, 0.25) is 0 Å². The van der Waals surface area contributed by atoms with E-state index in [1.54, 1.807) is 24.5 Å². The monoisotopic (exact) mass is 498 g/mol. The number of pyridine rings is 1. The van der Waals surface area contributed by atoms with E-state index >= 15 is 0 Å². The van der Waals surface area contributed by atoms with Gasteiger partial charge in [-0.1, -0.05) is 54.2 Å². The van der Waals surface area contributed by atoms with Crippen LogP contribution < -0.4 is 4.74 Å². The number of methoxy groups -OCH3 is 1. The molecule has 1 aliphatic rings. The van der Waals surface area contributed by atoms with E-state index < -0.39 is 0 Å². The van der Waals surface area contributed by atoms with E-state index in [0.29, 0.717) is 18.1 Å². The highest BCUT2D eigenvalue weighted by molar-refractivity contribution is 7.99. The molecule has 36 heavy (non-hydrogen) atoms. The van der Waals surface area contributed by atoms with Crippen LogP contribution in [0.1, 0.15) is 30.5 Å². The van der Waals surface area contributed by atoms with Gasteiger partial charge in [-0.15, -0.1) is 10.2 Å². The summed E-state index contributed by atoms with van der Waals surface area (Å²) in [5.41, 5.74) is 3.87. The lowest BCUT2D eigenvalue weighted by Gasteiger charge is -2.22. The van der Waals surface area contributed by atoms with Crippen LogP contribution in [0.5, 0.6) is 5.75 Å². The van der Waals surface area contributed by atoms with Gasteiger partial charge in [0.1, 0.15) is 5.75 Å². The van der Waals surface area contributed by atoms with E-state index in [1.807, 2.05) is 78.2 Å². The molecule has 1 amide bonds. The minimum Gasteiger partial charge on any atom is -0.497 e. The van der Waals surface area contributed by atoms with Crippen molar-refractivity contribution in [3.63, 3.8) is 0 Å². The summed E-state index contributed by atoms with van der Waals surface area (Å²) in [6.45, 7) is 2.73. The van der Waals surface area contributed by atoms with Gasteiger partial charge in [0.2, 0.25) is 0 Å². The Hall–Kier alpha value is -3.98. The first-order valence-corrected chi connectivity index (χ1v) is 12.7. The van der Waals surface area contributed by atoms with Gasteiger partial charge >= 0.3 is 0 Å². The molecule has 2 aromatic heterocycles. The second-order valence-electron chi connectivity index (χ2n) is 8.22. The van der Waals surface area contributed by atoms with Crippen LogP contribution in [0.4, 0.5) is 0 Å². The fraction of sp³-hybridized carbons (Fsp3) is 0.222. The minimum absolute atomic E-state index is 0.0807. The van der Waals surface area contributed by atoms with Gasteiger partial charge < -0.3 is 9.30 Å². The molecule has 0 spiro atoms. The van der Waals surface area contributed by atoms with Crippen LogP contribution in [0.3, 0.4) is 0 Å². The van der Waals surface area contributed by atoms with Crippen molar-refractivity contribution in [3.05, 3.63) is 90.3 Å². The molecule has 5 rings (SSSR count). The Bertz CT molecular complexity index is 1360. The van der Waals surface area contributed by atoms with Crippen LogP contribution in [0, 0.1) is 0 Å². The van der Waals surface area contributed by atoms with Gasteiger partial charge in [0.15, 0.2) is 11.0 Å². The maximum atomic E-state index is 13.5. The quantitative estimate of drug-likeness (QED) is 0.323. The van der Waals surface area contributed by atoms with Crippen LogP contribution >= 0.6 is 11.8 Å². The number of carbonyl (C=O) groups excluding carboxylic acids is 1. The Morgan fingerprint density at radius 3 is 2.44 bits per heavy atom. The molecular weight excluding hydrogens is 472 g/mol. The Balaban J connectivity index is 1.38. The number of ether oxygens (including phenoxy) is 1. The molecule has 2 aromatic carbocycles. The number of rotatable bonds is 8. The lowest BCUT2D eigenvalue weighted by Crippen LogP contribution is -2.28. The van der Waals surface area contributed by atoms with Gasteiger partial charge in [0, 0.05) is 30.9 Å². The number of aromatic nitrogens is 4. The van der Waals surface area contributed by atoms with Crippen molar-refractivity contribution in [3.8, 4) is 17.1 Å². The molecule has 3 heterocycles. The first-order chi connectivity index (χ1) is 17.7. The standard InChI is InChI=1S/C27H26N6O2S/c1-3-32-26(21-13-15-28-16-14-21)29-30-27(32)36-18-25(34)33-24(20-9-11-22(35-2)12-10-20)17-23(31-33)19-7-5-4-6-8-19/h4-16,24H,3,17-18H2,1-2H3. The summed E-state index contributed by atoms with van der Waals surface area (Å²) in [5, 5.41) is 15.8. The third-order valence-electron chi connectivity index (χ3n) is 6.07. The van der Waals surface area contributed by atoms with Crippen molar-refractivity contribution in [2.75, 3.05) is 12.9 Å². The van der Waals surface area contributed by atoms with Gasteiger partial charge in [-0.2, -0.15) is 5.10 Å². The Morgan fingerprint density at radius 2 is 1.75 bits per heavy atom. The second kappa shape index (κ2) is 10.7. The van der Waals surface area contributed by atoms with E-state index in [0.717, 1.165) is 34.0 Å². The lowest BCUT2D eigenvalue weighted by atomic mass is 9.98. The molecule has 4 aromatic rings. The van der Waals surface area contributed by atoms with Crippen molar-refractivity contribution in [1.82, 2.24) is 24.8 Å². The molecule has 0 aliphatic carbocycles. The molecule has 0 radical (unpaired) electrons. The molecule has 0 saturated heterocycles. The molecule has 0 fully saturated rings. The number of hydrogen-bond donors (Lipinski definition) is 0. The molecule has 8 nitrogen and oxygen atoms in total. The average Bonchev–Trinajstić information content (AvgIpc) is 3.57. The predicted molar refractivity (Wildman–Crippen MR) is 140 cm³/mol.